The van der Waals surface area contributed by atoms with Gasteiger partial charge in [0, 0.05) is 23.7 Å². The molecule has 0 spiro atoms. The van der Waals surface area contributed by atoms with Crippen molar-refractivity contribution in [2.75, 3.05) is 0 Å². The summed E-state index contributed by atoms with van der Waals surface area (Å²) >= 11 is 0. The second kappa shape index (κ2) is 6.32. The van der Waals surface area contributed by atoms with Crippen molar-refractivity contribution < 1.29 is 14.1 Å². The van der Waals surface area contributed by atoms with Crippen molar-refractivity contribution in [1.82, 2.24) is 0 Å². The standard InChI is InChI=1S/C15H15FN2O3/c1-10(17)13-7-6-12(16)8-15(13)21-9-11-4-2-3-5-14(11)18(19)20/h2-8,10H,9,17H2,1H3/t10-/m0/s1. The Kier molecular flexibility index (Phi) is 4.49. The molecule has 0 amide bonds. The highest BCUT2D eigenvalue weighted by molar-refractivity contribution is 5.41. The Labute approximate surface area is 121 Å². The first kappa shape index (κ1) is 14.9. The van der Waals surface area contributed by atoms with Gasteiger partial charge in [-0.1, -0.05) is 18.2 Å². The molecule has 2 N–H and O–H groups in total. The summed E-state index contributed by atoms with van der Waals surface area (Å²) in [4.78, 5) is 10.5. The Hall–Kier alpha value is -2.47. The van der Waals surface area contributed by atoms with E-state index in [1.54, 1.807) is 31.2 Å². The van der Waals surface area contributed by atoms with Crippen molar-refractivity contribution in [2.24, 2.45) is 5.73 Å². The van der Waals surface area contributed by atoms with Gasteiger partial charge in [-0.25, -0.2) is 4.39 Å². The number of rotatable bonds is 5. The van der Waals surface area contributed by atoms with Crippen LogP contribution in [-0.4, -0.2) is 4.92 Å². The van der Waals surface area contributed by atoms with E-state index < -0.39 is 10.7 Å². The van der Waals surface area contributed by atoms with Crippen LogP contribution in [-0.2, 0) is 6.61 Å². The third kappa shape index (κ3) is 3.55. The van der Waals surface area contributed by atoms with E-state index in [1.165, 1.54) is 18.2 Å². The van der Waals surface area contributed by atoms with E-state index in [0.717, 1.165) is 0 Å². The normalized spacial score (nSPS) is 12.0. The lowest BCUT2D eigenvalue weighted by Gasteiger charge is -2.14. The lowest BCUT2D eigenvalue weighted by atomic mass is 10.1. The van der Waals surface area contributed by atoms with Crippen LogP contribution in [0.1, 0.15) is 24.1 Å². The van der Waals surface area contributed by atoms with E-state index in [4.69, 9.17) is 10.5 Å². The number of ether oxygens (including phenoxy) is 1. The number of nitro benzene ring substituents is 1. The van der Waals surface area contributed by atoms with E-state index in [-0.39, 0.29) is 18.3 Å². The molecule has 0 saturated carbocycles. The van der Waals surface area contributed by atoms with Crippen LogP contribution < -0.4 is 10.5 Å². The van der Waals surface area contributed by atoms with Crippen LogP contribution in [0.2, 0.25) is 0 Å². The Bertz CT molecular complexity index is 659. The third-order valence-electron chi connectivity index (χ3n) is 3.04. The smallest absolute Gasteiger partial charge is 0.276 e. The van der Waals surface area contributed by atoms with Crippen LogP contribution in [0.4, 0.5) is 10.1 Å². The minimum absolute atomic E-state index is 0.0275. The van der Waals surface area contributed by atoms with Gasteiger partial charge in [0.05, 0.1) is 10.5 Å². The predicted molar refractivity (Wildman–Crippen MR) is 76.4 cm³/mol. The summed E-state index contributed by atoms with van der Waals surface area (Å²) in [5.74, 6) is -0.153. The zero-order valence-corrected chi connectivity index (χ0v) is 11.5. The largest absolute Gasteiger partial charge is 0.488 e. The van der Waals surface area contributed by atoms with Crippen molar-refractivity contribution in [3.05, 3.63) is 69.5 Å². The second-order valence-electron chi connectivity index (χ2n) is 4.65. The van der Waals surface area contributed by atoms with E-state index in [2.05, 4.69) is 0 Å². The number of benzene rings is 2. The highest BCUT2D eigenvalue weighted by Gasteiger charge is 2.15. The van der Waals surface area contributed by atoms with Crippen LogP contribution in [0.15, 0.2) is 42.5 Å². The molecule has 110 valence electrons. The number of nitrogens with zero attached hydrogens (tertiary/aromatic N) is 1. The van der Waals surface area contributed by atoms with E-state index >= 15 is 0 Å². The van der Waals surface area contributed by atoms with Crippen LogP contribution in [0, 0.1) is 15.9 Å². The van der Waals surface area contributed by atoms with Gasteiger partial charge in [0.15, 0.2) is 0 Å². The third-order valence-corrected chi connectivity index (χ3v) is 3.04. The van der Waals surface area contributed by atoms with Gasteiger partial charge >= 0.3 is 0 Å². The fourth-order valence-corrected chi connectivity index (χ4v) is 1.98. The molecule has 0 aliphatic carbocycles. The molecule has 2 aromatic rings. The summed E-state index contributed by atoms with van der Waals surface area (Å²) in [5, 5.41) is 10.9. The first-order chi connectivity index (χ1) is 9.99. The molecule has 2 rings (SSSR count). The van der Waals surface area contributed by atoms with Gasteiger partial charge in [-0.2, -0.15) is 0 Å². The molecule has 21 heavy (non-hydrogen) atoms. The number of halogens is 1. The first-order valence-corrected chi connectivity index (χ1v) is 6.39. The SMILES string of the molecule is C[C@H](N)c1ccc(F)cc1OCc1ccccc1[N+](=O)[O-]. The maximum atomic E-state index is 13.3. The van der Waals surface area contributed by atoms with Crippen LogP contribution in [0.3, 0.4) is 0 Å². The van der Waals surface area contributed by atoms with Crippen molar-refractivity contribution in [3.63, 3.8) is 0 Å². The van der Waals surface area contributed by atoms with E-state index in [1.807, 2.05) is 0 Å². The monoisotopic (exact) mass is 290 g/mol. The average molecular weight is 290 g/mol. The lowest BCUT2D eigenvalue weighted by Crippen LogP contribution is -2.09. The van der Waals surface area contributed by atoms with Gasteiger partial charge in [0.2, 0.25) is 0 Å². The highest BCUT2D eigenvalue weighted by atomic mass is 19.1. The molecule has 0 unspecified atom stereocenters. The van der Waals surface area contributed by atoms with Gasteiger partial charge in [-0.15, -0.1) is 0 Å². The molecular weight excluding hydrogens is 275 g/mol. The lowest BCUT2D eigenvalue weighted by molar-refractivity contribution is -0.385. The molecule has 2 aromatic carbocycles. The Morgan fingerprint density at radius 1 is 1.33 bits per heavy atom. The summed E-state index contributed by atoms with van der Waals surface area (Å²) in [5.41, 5.74) is 6.84. The van der Waals surface area contributed by atoms with E-state index in [0.29, 0.717) is 16.9 Å². The molecule has 6 heteroatoms. The number of hydrogen-bond donors (Lipinski definition) is 1. The molecule has 0 aromatic heterocycles. The molecule has 0 heterocycles. The van der Waals surface area contributed by atoms with Gasteiger partial charge in [-0.3, -0.25) is 10.1 Å². The molecule has 0 fully saturated rings. The Morgan fingerprint density at radius 2 is 2.05 bits per heavy atom. The molecule has 5 nitrogen and oxygen atoms in total. The molecule has 1 atom stereocenters. The van der Waals surface area contributed by atoms with Crippen molar-refractivity contribution in [2.45, 2.75) is 19.6 Å². The Morgan fingerprint density at radius 3 is 2.71 bits per heavy atom. The molecule has 0 radical (unpaired) electrons. The van der Waals surface area contributed by atoms with Gasteiger partial charge in [0.25, 0.3) is 5.69 Å². The fourth-order valence-electron chi connectivity index (χ4n) is 1.98. The van der Waals surface area contributed by atoms with Crippen LogP contribution >= 0.6 is 0 Å². The molecule has 0 aliphatic rings. The fraction of sp³-hybridized carbons (Fsp3) is 0.200. The number of nitro groups is 1. The van der Waals surface area contributed by atoms with Crippen LogP contribution in [0.25, 0.3) is 0 Å². The van der Waals surface area contributed by atoms with Crippen molar-refractivity contribution in [3.8, 4) is 5.75 Å². The van der Waals surface area contributed by atoms with Gasteiger partial charge in [0.1, 0.15) is 18.2 Å². The summed E-state index contributed by atoms with van der Waals surface area (Å²) in [6.07, 6.45) is 0. The molecular formula is C15H15FN2O3. The number of para-hydroxylation sites is 1. The number of nitrogens with two attached hydrogens (primary N) is 1. The second-order valence-corrected chi connectivity index (χ2v) is 4.65. The quantitative estimate of drug-likeness (QED) is 0.676. The topological polar surface area (TPSA) is 78.4 Å². The summed E-state index contributed by atoms with van der Waals surface area (Å²) in [6.45, 7) is 1.73. The minimum atomic E-state index is -0.475. The Balaban J connectivity index is 2.24. The maximum Gasteiger partial charge on any atom is 0.276 e. The maximum absolute atomic E-state index is 13.3. The minimum Gasteiger partial charge on any atom is -0.488 e. The highest BCUT2D eigenvalue weighted by Crippen LogP contribution is 2.27. The van der Waals surface area contributed by atoms with Crippen LogP contribution in [0.5, 0.6) is 5.75 Å². The molecule has 0 bridgehead atoms. The van der Waals surface area contributed by atoms with Crippen molar-refractivity contribution >= 4 is 5.69 Å². The van der Waals surface area contributed by atoms with Crippen molar-refractivity contribution in [1.29, 1.82) is 0 Å². The molecule has 0 saturated heterocycles. The molecule has 0 aliphatic heterocycles. The van der Waals surface area contributed by atoms with E-state index in [9.17, 15) is 14.5 Å². The summed E-state index contributed by atoms with van der Waals surface area (Å²) in [6, 6.07) is 10.0. The average Bonchev–Trinajstić information content (AvgIpc) is 2.45. The zero-order valence-electron chi connectivity index (χ0n) is 11.5. The zero-order chi connectivity index (χ0) is 15.4. The van der Waals surface area contributed by atoms with Gasteiger partial charge in [-0.05, 0) is 19.1 Å². The predicted octanol–water partition coefficient (Wildman–Crippen LogP) is 3.33. The summed E-state index contributed by atoms with van der Waals surface area (Å²) in [7, 11) is 0. The first-order valence-electron chi connectivity index (χ1n) is 6.39. The summed E-state index contributed by atoms with van der Waals surface area (Å²) < 4.78 is 18.8. The number of hydrogen-bond acceptors (Lipinski definition) is 4. The van der Waals surface area contributed by atoms with Gasteiger partial charge < -0.3 is 10.5 Å².